The average molecular weight is 266 g/mol. The van der Waals surface area contributed by atoms with Crippen LogP contribution in [0.3, 0.4) is 0 Å². The van der Waals surface area contributed by atoms with Crippen molar-refractivity contribution in [3.63, 3.8) is 0 Å². The van der Waals surface area contributed by atoms with Gasteiger partial charge >= 0.3 is 5.97 Å². The second-order valence-corrected chi connectivity index (χ2v) is 4.87. The number of carbonyl (C=O) groups is 1. The van der Waals surface area contributed by atoms with Crippen LogP contribution in [0.1, 0.15) is 51.6 Å². The van der Waals surface area contributed by atoms with Crippen LogP contribution < -0.4 is 5.32 Å². The number of aromatic nitrogens is 1. The maximum absolute atomic E-state index is 11.6. The normalized spacial score (nSPS) is 12.4. The van der Waals surface area contributed by atoms with Gasteiger partial charge in [0.15, 0.2) is 0 Å². The van der Waals surface area contributed by atoms with Gasteiger partial charge < -0.3 is 14.6 Å². The standard InChI is InChI=1S/C15H26N2O2/c1-4-6-10-19-15(18)12-17-9-7-14(11-17)13(3)16-8-5-2/h7,9,11,13,16H,4-6,8,10,12H2,1-3H3. The molecule has 1 N–H and O–H groups in total. The lowest BCUT2D eigenvalue weighted by Crippen LogP contribution is -2.19. The number of nitrogens with one attached hydrogen (secondary N) is 1. The van der Waals surface area contributed by atoms with Crippen LogP contribution in [0.5, 0.6) is 0 Å². The highest BCUT2D eigenvalue weighted by Crippen LogP contribution is 2.12. The summed E-state index contributed by atoms with van der Waals surface area (Å²) >= 11 is 0. The van der Waals surface area contributed by atoms with Crippen LogP contribution >= 0.6 is 0 Å². The molecule has 0 aliphatic heterocycles. The minimum absolute atomic E-state index is 0.162. The highest BCUT2D eigenvalue weighted by Gasteiger charge is 2.08. The topological polar surface area (TPSA) is 43.3 Å². The molecule has 0 saturated carbocycles. The molecule has 0 fully saturated rings. The van der Waals surface area contributed by atoms with E-state index in [1.54, 1.807) is 0 Å². The minimum Gasteiger partial charge on any atom is -0.464 e. The van der Waals surface area contributed by atoms with Crippen LogP contribution in [0.15, 0.2) is 18.5 Å². The van der Waals surface area contributed by atoms with E-state index < -0.39 is 0 Å². The zero-order valence-electron chi connectivity index (χ0n) is 12.3. The Balaban J connectivity index is 2.39. The van der Waals surface area contributed by atoms with Gasteiger partial charge in [-0.2, -0.15) is 0 Å². The van der Waals surface area contributed by atoms with Gasteiger partial charge in [-0.3, -0.25) is 4.79 Å². The fourth-order valence-electron chi connectivity index (χ4n) is 1.82. The molecule has 19 heavy (non-hydrogen) atoms. The van der Waals surface area contributed by atoms with E-state index in [9.17, 15) is 4.79 Å². The first kappa shape index (κ1) is 15.8. The fraction of sp³-hybridized carbons (Fsp3) is 0.667. The van der Waals surface area contributed by atoms with Gasteiger partial charge in [0.2, 0.25) is 0 Å². The number of hydrogen-bond donors (Lipinski definition) is 1. The highest BCUT2D eigenvalue weighted by atomic mass is 16.5. The summed E-state index contributed by atoms with van der Waals surface area (Å²) in [6.07, 6.45) is 7.03. The SMILES string of the molecule is CCCCOC(=O)Cn1ccc(C(C)NCCC)c1. The van der Waals surface area contributed by atoms with E-state index in [0.29, 0.717) is 19.2 Å². The number of hydrogen-bond acceptors (Lipinski definition) is 3. The number of nitrogens with zero attached hydrogens (tertiary/aromatic N) is 1. The Kier molecular flexibility index (Phi) is 7.26. The predicted octanol–water partition coefficient (Wildman–Crippen LogP) is 2.89. The Morgan fingerprint density at radius 1 is 1.42 bits per heavy atom. The van der Waals surface area contributed by atoms with Crippen LogP contribution in [0.4, 0.5) is 0 Å². The minimum atomic E-state index is -0.162. The average Bonchev–Trinajstić information content (AvgIpc) is 2.84. The Morgan fingerprint density at radius 3 is 2.89 bits per heavy atom. The summed E-state index contributed by atoms with van der Waals surface area (Å²) in [5.41, 5.74) is 1.20. The molecule has 1 aromatic heterocycles. The molecule has 0 amide bonds. The second kappa shape index (κ2) is 8.75. The van der Waals surface area contributed by atoms with E-state index in [4.69, 9.17) is 4.74 Å². The summed E-state index contributed by atoms with van der Waals surface area (Å²) in [7, 11) is 0. The first-order chi connectivity index (χ1) is 9.17. The van der Waals surface area contributed by atoms with E-state index in [2.05, 4.69) is 26.1 Å². The first-order valence-corrected chi connectivity index (χ1v) is 7.22. The summed E-state index contributed by atoms with van der Waals surface area (Å²) in [6, 6.07) is 2.37. The number of esters is 1. The van der Waals surface area contributed by atoms with Gasteiger partial charge in [-0.05, 0) is 37.9 Å². The number of unbranched alkanes of at least 4 members (excludes halogenated alkanes) is 1. The molecule has 4 heteroatoms. The third-order valence-electron chi connectivity index (χ3n) is 3.05. The molecule has 108 valence electrons. The second-order valence-electron chi connectivity index (χ2n) is 4.87. The molecule has 0 bridgehead atoms. The molecule has 1 rings (SSSR count). The maximum Gasteiger partial charge on any atom is 0.325 e. The molecule has 0 spiro atoms. The lowest BCUT2D eigenvalue weighted by molar-refractivity contribution is -0.144. The molecular formula is C15H26N2O2. The number of rotatable bonds is 9. The van der Waals surface area contributed by atoms with Gasteiger partial charge in [-0.25, -0.2) is 0 Å². The Bertz CT molecular complexity index is 374. The van der Waals surface area contributed by atoms with Gasteiger partial charge in [0.25, 0.3) is 0 Å². The van der Waals surface area contributed by atoms with Crippen molar-refractivity contribution in [1.29, 1.82) is 0 Å². The molecular weight excluding hydrogens is 240 g/mol. The van der Waals surface area contributed by atoms with Crippen LogP contribution in [-0.2, 0) is 16.1 Å². The van der Waals surface area contributed by atoms with Gasteiger partial charge in [-0.15, -0.1) is 0 Å². The molecule has 0 aromatic carbocycles. The van der Waals surface area contributed by atoms with E-state index in [0.717, 1.165) is 25.8 Å². The summed E-state index contributed by atoms with van der Waals surface area (Å²) in [4.78, 5) is 11.6. The smallest absolute Gasteiger partial charge is 0.325 e. The van der Waals surface area contributed by atoms with Crippen LogP contribution in [0, 0.1) is 0 Å². The van der Waals surface area contributed by atoms with Crippen molar-refractivity contribution < 1.29 is 9.53 Å². The highest BCUT2D eigenvalue weighted by molar-refractivity contribution is 5.69. The van der Waals surface area contributed by atoms with Crippen molar-refractivity contribution in [2.75, 3.05) is 13.2 Å². The van der Waals surface area contributed by atoms with Crippen LogP contribution in [0.25, 0.3) is 0 Å². The van der Waals surface area contributed by atoms with Crippen LogP contribution in [-0.4, -0.2) is 23.7 Å². The third-order valence-corrected chi connectivity index (χ3v) is 3.05. The Labute approximate surface area is 116 Å². The van der Waals surface area contributed by atoms with Crippen molar-refractivity contribution in [2.45, 2.75) is 52.6 Å². The molecule has 4 nitrogen and oxygen atoms in total. The largest absolute Gasteiger partial charge is 0.464 e. The first-order valence-electron chi connectivity index (χ1n) is 7.22. The molecule has 1 heterocycles. The Hall–Kier alpha value is -1.29. The summed E-state index contributed by atoms with van der Waals surface area (Å²) in [5.74, 6) is -0.162. The van der Waals surface area contributed by atoms with Gasteiger partial charge in [0.1, 0.15) is 6.54 Å². The number of ether oxygens (including phenoxy) is 1. The van der Waals surface area contributed by atoms with Crippen LogP contribution in [0.2, 0.25) is 0 Å². The maximum atomic E-state index is 11.6. The van der Waals surface area contributed by atoms with Crippen molar-refractivity contribution in [1.82, 2.24) is 9.88 Å². The molecule has 1 atom stereocenters. The lowest BCUT2D eigenvalue weighted by Gasteiger charge is -2.11. The third kappa shape index (κ3) is 5.92. The van der Waals surface area contributed by atoms with Crippen molar-refractivity contribution in [2.24, 2.45) is 0 Å². The molecule has 0 radical (unpaired) electrons. The summed E-state index contributed by atoms with van der Waals surface area (Å²) in [6.45, 7) is 8.19. The van der Waals surface area contributed by atoms with Crippen molar-refractivity contribution in [3.8, 4) is 0 Å². The quantitative estimate of drug-likeness (QED) is 0.552. The molecule has 1 aromatic rings. The molecule has 0 saturated heterocycles. The number of carbonyl (C=O) groups excluding carboxylic acids is 1. The van der Waals surface area contributed by atoms with E-state index >= 15 is 0 Å². The lowest BCUT2D eigenvalue weighted by atomic mass is 10.2. The van der Waals surface area contributed by atoms with E-state index in [1.807, 2.05) is 23.0 Å². The Morgan fingerprint density at radius 2 is 2.21 bits per heavy atom. The molecule has 0 aliphatic rings. The monoisotopic (exact) mass is 266 g/mol. The van der Waals surface area contributed by atoms with Crippen molar-refractivity contribution in [3.05, 3.63) is 24.0 Å². The van der Waals surface area contributed by atoms with Gasteiger partial charge in [-0.1, -0.05) is 20.3 Å². The van der Waals surface area contributed by atoms with Gasteiger partial charge in [0.05, 0.1) is 6.61 Å². The predicted molar refractivity (Wildman–Crippen MR) is 77.0 cm³/mol. The molecule has 0 aliphatic carbocycles. The van der Waals surface area contributed by atoms with E-state index in [1.165, 1.54) is 5.56 Å². The van der Waals surface area contributed by atoms with Gasteiger partial charge in [0, 0.05) is 18.4 Å². The van der Waals surface area contributed by atoms with E-state index in [-0.39, 0.29) is 5.97 Å². The summed E-state index contributed by atoms with van der Waals surface area (Å²) in [5, 5.41) is 3.43. The zero-order valence-corrected chi connectivity index (χ0v) is 12.3. The zero-order chi connectivity index (χ0) is 14.1. The fourth-order valence-corrected chi connectivity index (χ4v) is 1.82. The molecule has 1 unspecified atom stereocenters. The summed E-state index contributed by atoms with van der Waals surface area (Å²) < 4.78 is 7.03. The van der Waals surface area contributed by atoms with Crippen molar-refractivity contribution >= 4 is 5.97 Å².